The first-order valence-corrected chi connectivity index (χ1v) is 5.83. The van der Waals surface area contributed by atoms with Crippen LogP contribution in [0.3, 0.4) is 0 Å². The first-order valence-electron chi connectivity index (χ1n) is 5.83. The zero-order valence-electron chi connectivity index (χ0n) is 11.0. The van der Waals surface area contributed by atoms with Gasteiger partial charge in [0.15, 0.2) is 5.82 Å². The Labute approximate surface area is 115 Å². The Morgan fingerprint density at radius 2 is 2.15 bits per heavy atom. The van der Waals surface area contributed by atoms with Gasteiger partial charge in [-0.2, -0.15) is 0 Å². The van der Waals surface area contributed by atoms with Crippen LogP contribution in [0.15, 0.2) is 18.3 Å². The van der Waals surface area contributed by atoms with Gasteiger partial charge in [-0.05, 0) is 13.0 Å². The molecule has 0 atom stereocenters. The lowest BCUT2D eigenvalue weighted by molar-refractivity contribution is 0.0527. The zero-order valence-corrected chi connectivity index (χ0v) is 11.0. The largest absolute Gasteiger partial charge is 0.480 e. The standard InChI is InChI=1S/C12H13N5O3/c1-3-20-12(18)7-6-14-11(15-10(7)13)8-4-5-9(19-2)17-16-8/h4-6H,3H2,1-2H3,(H2,13,14,15). The van der Waals surface area contributed by atoms with Crippen molar-refractivity contribution >= 4 is 11.8 Å². The van der Waals surface area contributed by atoms with Crippen LogP contribution in [0, 0.1) is 0 Å². The maximum absolute atomic E-state index is 11.6. The molecule has 0 bridgehead atoms. The molecule has 0 aliphatic rings. The molecule has 0 saturated heterocycles. The second-order valence-corrected chi connectivity index (χ2v) is 3.67. The highest BCUT2D eigenvalue weighted by molar-refractivity contribution is 5.93. The van der Waals surface area contributed by atoms with Crippen LogP contribution in [0.2, 0.25) is 0 Å². The molecule has 2 heterocycles. The average molecular weight is 275 g/mol. The molecular weight excluding hydrogens is 262 g/mol. The smallest absolute Gasteiger partial charge is 0.343 e. The van der Waals surface area contributed by atoms with Crippen LogP contribution in [0.1, 0.15) is 17.3 Å². The monoisotopic (exact) mass is 275 g/mol. The highest BCUT2D eigenvalue weighted by Crippen LogP contribution is 2.17. The van der Waals surface area contributed by atoms with Gasteiger partial charge in [0.2, 0.25) is 5.88 Å². The summed E-state index contributed by atoms with van der Waals surface area (Å²) >= 11 is 0. The van der Waals surface area contributed by atoms with Gasteiger partial charge in [-0.3, -0.25) is 0 Å². The third-order valence-electron chi connectivity index (χ3n) is 2.39. The third kappa shape index (κ3) is 2.79. The fourth-order valence-corrected chi connectivity index (χ4v) is 1.43. The number of ether oxygens (including phenoxy) is 2. The summed E-state index contributed by atoms with van der Waals surface area (Å²) in [5, 5.41) is 7.71. The van der Waals surface area contributed by atoms with Crippen LogP contribution in [0.25, 0.3) is 11.5 Å². The van der Waals surface area contributed by atoms with Crippen LogP contribution in [-0.4, -0.2) is 39.9 Å². The minimum Gasteiger partial charge on any atom is -0.480 e. The van der Waals surface area contributed by atoms with E-state index in [1.807, 2.05) is 0 Å². The third-order valence-corrected chi connectivity index (χ3v) is 2.39. The molecule has 2 aromatic heterocycles. The number of rotatable bonds is 4. The summed E-state index contributed by atoms with van der Waals surface area (Å²) in [4.78, 5) is 19.6. The van der Waals surface area contributed by atoms with E-state index >= 15 is 0 Å². The Morgan fingerprint density at radius 1 is 1.35 bits per heavy atom. The summed E-state index contributed by atoms with van der Waals surface area (Å²) < 4.78 is 9.75. The first kappa shape index (κ1) is 13.7. The van der Waals surface area contributed by atoms with Crippen molar-refractivity contribution in [1.82, 2.24) is 20.2 Å². The van der Waals surface area contributed by atoms with Crippen molar-refractivity contribution in [1.29, 1.82) is 0 Å². The first-order chi connectivity index (χ1) is 9.65. The van der Waals surface area contributed by atoms with Crippen molar-refractivity contribution in [3.63, 3.8) is 0 Å². The summed E-state index contributed by atoms with van der Waals surface area (Å²) in [5.41, 5.74) is 6.27. The molecule has 2 rings (SSSR count). The van der Waals surface area contributed by atoms with Gasteiger partial charge in [0.1, 0.15) is 17.1 Å². The van der Waals surface area contributed by atoms with Gasteiger partial charge in [-0.15, -0.1) is 10.2 Å². The molecule has 8 nitrogen and oxygen atoms in total. The van der Waals surface area contributed by atoms with E-state index in [0.29, 0.717) is 11.6 Å². The van der Waals surface area contributed by atoms with Crippen LogP contribution in [0.4, 0.5) is 5.82 Å². The van der Waals surface area contributed by atoms with E-state index in [0.717, 1.165) is 0 Å². The van der Waals surface area contributed by atoms with E-state index < -0.39 is 5.97 Å². The molecule has 0 aliphatic heterocycles. The van der Waals surface area contributed by atoms with E-state index in [1.165, 1.54) is 13.3 Å². The van der Waals surface area contributed by atoms with Gasteiger partial charge < -0.3 is 15.2 Å². The van der Waals surface area contributed by atoms with Gasteiger partial charge in [-0.1, -0.05) is 0 Å². The Kier molecular flexibility index (Phi) is 4.04. The quantitative estimate of drug-likeness (QED) is 0.811. The molecule has 0 amide bonds. The van der Waals surface area contributed by atoms with E-state index in [-0.39, 0.29) is 23.8 Å². The number of carbonyl (C=O) groups is 1. The predicted molar refractivity (Wildman–Crippen MR) is 70.0 cm³/mol. The Balaban J connectivity index is 2.30. The van der Waals surface area contributed by atoms with Gasteiger partial charge in [0.25, 0.3) is 0 Å². The summed E-state index contributed by atoms with van der Waals surface area (Å²) in [6, 6.07) is 3.27. The van der Waals surface area contributed by atoms with Crippen LogP contribution in [-0.2, 0) is 4.74 Å². The van der Waals surface area contributed by atoms with Crippen LogP contribution < -0.4 is 10.5 Å². The Morgan fingerprint density at radius 3 is 2.70 bits per heavy atom. The summed E-state index contributed by atoms with van der Waals surface area (Å²) in [7, 11) is 1.49. The molecule has 0 spiro atoms. The average Bonchev–Trinajstić information content (AvgIpc) is 2.47. The molecule has 8 heteroatoms. The fourth-order valence-electron chi connectivity index (χ4n) is 1.43. The Hall–Kier alpha value is -2.77. The molecule has 0 fully saturated rings. The lowest BCUT2D eigenvalue weighted by atomic mass is 10.3. The van der Waals surface area contributed by atoms with Crippen molar-refractivity contribution in [2.45, 2.75) is 6.92 Å². The van der Waals surface area contributed by atoms with Gasteiger partial charge in [0.05, 0.1) is 13.7 Å². The maximum atomic E-state index is 11.6. The number of hydrogen-bond donors (Lipinski definition) is 1. The number of esters is 1. The van der Waals surface area contributed by atoms with E-state index in [9.17, 15) is 4.79 Å². The number of nitrogen functional groups attached to an aromatic ring is 1. The number of anilines is 1. The molecule has 0 aromatic carbocycles. The van der Waals surface area contributed by atoms with Crippen molar-refractivity contribution < 1.29 is 14.3 Å². The minimum atomic E-state index is -0.558. The number of aromatic nitrogens is 4. The maximum Gasteiger partial charge on any atom is 0.343 e. The van der Waals surface area contributed by atoms with E-state index in [2.05, 4.69) is 20.2 Å². The molecule has 0 aliphatic carbocycles. The lowest BCUT2D eigenvalue weighted by Crippen LogP contribution is -2.11. The number of nitrogens with zero attached hydrogens (tertiary/aromatic N) is 4. The van der Waals surface area contributed by atoms with Gasteiger partial charge in [0, 0.05) is 12.3 Å². The topological polar surface area (TPSA) is 113 Å². The molecule has 2 aromatic rings. The summed E-state index contributed by atoms with van der Waals surface area (Å²) in [6.07, 6.45) is 1.31. The molecule has 0 radical (unpaired) electrons. The SMILES string of the molecule is CCOC(=O)c1cnc(-c2ccc(OC)nn2)nc1N. The number of methoxy groups -OCH3 is 1. The van der Waals surface area contributed by atoms with Crippen molar-refractivity contribution in [2.24, 2.45) is 0 Å². The van der Waals surface area contributed by atoms with Crippen molar-refractivity contribution in [3.05, 3.63) is 23.9 Å². The summed E-state index contributed by atoms with van der Waals surface area (Å²) in [6.45, 7) is 1.96. The van der Waals surface area contributed by atoms with E-state index in [1.54, 1.807) is 19.1 Å². The Bertz CT molecular complexity index is 615. The number of nitrogens with two attached hydrogens (primary N) is 1. The molecule has 104 valence electrons. The highest BCUT2D eigenvalue weighted by Gasteiger charge is 2.15. The van der Waals surface area contributed by atoms with Crippen LogP contribution >= 0.6 is 0 Å². The van der Waals surface area contributed by atoms with Crippen LogP contribution in [0.5, 0.6) is 5.88 Å². The van der Waals surface area contributed by atoms with Gasteiger partial charge in [-0.25, -0.2) is 14.8 Å². The minimum absolute atomic E-state index is 0.0334. The second kappa shape index (κ2) is 5.91. The number of hydrogen-bond acceptors (Lipinski definition) is 8. The molecule has 0 unspecified atom stereocenters. The molecule has 0 saturated carbocycles. The lowest BCUT2D eigenvalue weighted by Gasteiger charge is -2.05. The fraction of sp³-hybridized carbons (Fsp3) is 0.250. The second-order valence-electron chi connectivity index (χ2n) is 3.67. The van der Waals surface area contributed by atoms with E-state index in [4.69, 9.17) is 15.2 Å². The predicted octanol–water partition coefficient (Wildman–Crippen LogP) is 0.701. The molecule has 2 N–H and O–H groups in total. The highest BCUT2D eigenvalue weighted by atomic mass is 16.5. The number of carbonyl (C=O) groups excluding carboxylic acids is 1. The molecular formula is C12H13N5O3. The van der Waals surface area contributed by atoms with Crippen molar-refractivity contribution in [3.8, 4) is 17.4 Å². The normalized spacial score (nSPS) is 10.1. The zero-order chi connectivity index (χ0) is 14.5. The molecule has 20 heavy (non-hydrogen) atoms. The van der Waals surface area contributed by atoms with Gasteiger partial charge >= 0.3 is 5.97 Å². The summed E-state index contributed by atoms with van der Waals surface area (Å²) in [5.74, 6) is 0.124. The van der Waals surface area contributed by atoms with Crippen molar-refractivity contribution in [2.75, 3.05) is 19.5 Å².